The molecule has 1 nitrogen and oxygen atoms in total. The number of halogens is 3. The summed E-state index contributed by atoms with van der Waals surface area (Å²) in [6, 6.07) is 13.2. The molecule has 0 heterocycles. The fraction of sp³-hybridized carbons (Fsp3) is 0.250. The van der Waals surface area contributed by atoms with E-state index in [1.165, 1.54) is 11.0 Å². The SMILES string of the molecule is CNC(CSc1cccc(Br)c1)Cc1ccc(Cl)cc1F. The maximum atomic E-state index is 13.8. The average molecular weight is 389 g/mol. The summed E-state index contributed by atoms with van der Waals surface area (Å²) in [6.45, 7) is 0. The number of hydrogen-bond acceptors (Lipinski definition) is 2. The summed E-state index contributed by atoms with van der Waals surface area (Å²) < 4.78 is 14.9. The smallest absolute Gasteiger partial charge is 0.127 e. The highest BCUT2D eigenvalue weighted by Gasteiger charge is 2.11. The zero-order chi connectivity index (χ0) is 15.2. The molecule has 0 fully saturated rings. The van der Waals surface area contributed by atoms with Crippen LogP contribution in [0.4, 0.5) is 4.39 Å². The van der Waals surface area contributed by atoms with Gasteiger partial charge in [-0.2, -0.15) is 0 Å². The standard InChI is InChI=1S/C16H16BrClFNS/c1-20-14(7-11-5-6-13(18)9-16(11)19)10-21-15-4-2-3-12(17)8-15/h2-6,8-9,14,20H,7,10H2,1H3. The summed E-state index contributed by atoms with van der Waals surface area (Å²) in [7, 11) is 1.90. The molecule has 2 aromatic rings. The maximum Gasteiger partial charge on any atom is 0.127 e. The molecule has 0 aliphatic heterocycles. The third kappa shape index (κ3) is 5.29. The van der Waals surface area contributed by atoms with Crippen molar-refractivity contribution in [2.75, 3.05) is 12.8 Å². The first-order valence-electron chi connectivity index (χ1n) is 6.58. The third-order valence-electron chi connectivity index (χ3n) is 3.14. The van der Waals surface area contributed by atoms with Crippen molar-refractivity contribution < 1.29 is 4.39 Å². The van der Waals surface area contributed by atoms with Crippen molar-refractivity contribution in [3.8, 4) is 0 Å². The van der Waals surface area contributed by atoms with E-state index in [0.29, 0.717) is 17.0 Å². The van der Waals surface area contributed by atoms with Gasteiger partial charge in [-0.25, -0.2) is 4.39 Å². The molecule has 112 valence electrons. The Kier molecular flexibility index (Phi) is 6.55. The zero-order valence-electron chi connectivity index (χ0n) is 11.6. The van der Waals surface area contributed by atoms with Crippen LogP contribution in [-0.4, -0.2) is 18.8 Å². The summed E-state index contributed by atoms with van der Waals surface area (Å²) in [6.07, 6.45) is 0.639. The maximum absolute atomic E-state index is 13.8. The van der Waals surface area contributed by atoms with Gasteiger partial charge in [0.25, 0.3) is 0 Å². The molecule has 1 N–H and O–H groups in total. The number of nitrogens with one attached hydrogen (secondary N) is 1. The van der Waals surface area contributed by atoms with E-state index in [9.17, 15) is 4.39 Å². The Morgan fingerprint density at radius 2 is 2.10 bits per heavy atom. The van der Waals surface area contributed by atoms with E-state index in [1.807, 2.05) is 19.2 Å². The Labute approximate surface area is 142 Å². The molecule has 0 spiro atoms. The van der Waals surface area contributed by atoms with Crippen molar-refractivity contribution in [2.24, 2.45) is 0 Å². The first kappa shape index (κ1) is 16.8. The molecule has 0 radical (unpaired) electrons. The van der Waals surface area contributed by atoms with Crippen LogP contribution in [0.1, 0.15) is 5.56 Å². The van der Waals surface area contributed by atoms with Crippen molar-refractivity contribution in [1.29, 1.82) is 0 Å². The highest BCUT2D eigenvalue weighted by Crippen LogP contribution is 2.24. The van der Waals surface area contributed by atoms with E-state index < -0.39 is 0 Å². The molecular weight excluding hydrogens is 373 g/mol. The third-order valence-corrected chi connectivity index (χ3v) is 5.02. The molecular formula is C16H16BrClFNS. The van der Waals surface area contributed by atoms with Crippen LogP contribution in [-0.2, 0) is 6.42 Å². The number of hydrogen-bond donors (Lipinski definition) is 1. The minimum atomic E-state index is -0.241. The van der Waals surface area contributed by atoms with Crippen LogP contribution in [0, 0.1) is 5.82 Å². The number of benzene rings is 2. The van der Waals surface area contributed by atoms with Gasteiger partial charge in [-0.1, -0.05) is 39.7 Å². The van der Waals surface area contributed by atoms with E-state index in [1.54, 1.807) is 23.9 Å². The topological polar surface area (TPSA) is 12.0 Å². The highest BCUT2D eigenvalue weighted by atomic mass is 79.9. The molecule has 2 aromatic carbocycles. The van der Waals surface area contributed by atoms with Gasteiger partial charge in [0.1, 0.15) is 5.82 Å². The second kappa shape index (κ2) is 8.18. The van der Waals surface area contributed by atoms with Gasteiger partial charge in [0, 0.05) is 26.2 Å². The van der Waals surface area contributed by atoms with Gasteiger partial charge in [-0.05, 0) is 49.4 Å². The quantitative estimate of drug-likeness (QED) is 0.686. The molecule has 5 heteroatoms. The van der Waals surface area contributed by atoms with Gasteiger partial charge >= 0.3 is 0 Å². The molecule has 0 aliphatic carbocycles. The van der Waals surface area contributed by atoms with Gasteiger partial charge in [0.2, 0.25) is 0 Å². The van der Waals surface area contributed by atoms with E-state index in [2.05, 4.69) is 33.4 Å². The first-order valence-corrected chi connectivity index (χ1v) is 8.73. The minimum absolute atomic E-state index is 0.199. The first-order chi connectivity index (χ1) is 10.1. The van der Waals surface area contributed by atoms with Gasteiger partial charge < -0.3 is 5.32 Å². The lowest BCUT2D eigenvalue weighted by molar-refractivity contribution is 0.568. The predicted molar refractivity (Wildman–Crippen MR) is 92.8 cm³/mol. The van der Waals surface area contributed by atoms with Crippen molar-refractivity contribution in [1.82, 2.24) is 5.32 Å². The number of thioether (sulfide) groups is 1. The van der Waals surface area contributed by atoms with E-state index in [4.69, 9.17) is 11.6 Å². The predicted octanol–water partition coefficient (Wildman–Crippen LogP) is 5.16. The Morgan fingerprint density at radius 1 is 1.29 bits per heavy atom. The molecule has 21 heavy (non-hydrogen) atoms. The lowest BCUT2D eigenvalue weighted by atomic mass is 10.1. The van der Waals surface area contributed by atoms with Gasteiger partial charge in [0.15, 0.2) is 0 Å². The Morgan fingerprint density at radius 3 is 2.76 bits per heavy atom. The molecule has 0 bridgehead atoms. The average Bonchev–Trinajstić information content (AvgIpc) is 2.45. The fourth-order valence-electron chi connectivity index (χ4n) is 1.95. The molecule has 1 atom stereocenters. The van der Waals surface area contributed by atoms with E-state index in [-0.39, 0.29) is 11.9 Å². The molecule has 0 amide bonds. The van der Waals surface area contributed by atoms with Crippen LogP contribution in [0.15, 0.2) is 51.8 Å². The van der Waals surface area contributed by atoms with Gasteiger partial charge in [-0.3, -0.25) is 0 Å². The molecule has 2 rings (SSSR count). The van der Waals surface area contributed by atoms with Crippen LogP contribution in [0.25, 0.3) is 0 Å². The van der Waals surface area contributed by atoms with Crippen LogP contribution < -0.4 is 5.32 Å². The summed E-state index contributed by atoms with van der Waals surface area (Å²) in [5, 5.41) is 3.68. The number of rotatable bonds is 6. The summed E-state index contributed by atoms with van der Waals surface area (Å²) in [4.78, 5) is 1.20. The monoisotopic (exact) mass is 387 g/mol. The Bertz CT molecular complexity index is 609. The number of likely N-dealkylation sites (N-methyl/N-ethyl adjacent to an activating group) is 1. The van der Waals surface area contributed by atoms with Crippen LogP contribution in [0.3, 0.4) is 0 Å². The normalized spacial score (nSPS) is 12.4. The van der Waals surface area contributed by atoms with Crippen LogP contribution in [0.5, 0.6) is 0 Å². The lowest BCUT2D eigenvalue weighted by Gasteiger charge is -2.16. The van der Waals surface area contributed by atoms with Gasteiger partial charge in [0.05, 0.1) is 0 Å². The van der Waals surface area contributed by atoms with Crippen LogP contribution >= 0.6 is 39.3 Å². The summed E-state index contributed by atoms with van der Waals surface area (Å²) in [5.74, 6) is 0.630. The fourth-order valence-corrected chi connectivity index (χ4v) is 3.72. The summed E-state index contributed by atoms with van der Waals surface area (Å²) in [5.41, 5.74) is 0.689. The molecule has 0 saturated carbocycles. The molecule has 0 aliphatic rings. The molecule has 1 unspecified atom stereocenters. The molecule has 0 aromatic heterocycles. The Hall–Kier alpha value is -0.550. The zero-order valence-corrected chi connectivity index (χ0v) is 14.7. The largest absolute Gasteiger partial charge is 0.316 e. The van der Waals surface area contributed by atoms with Crippen molar-refractivity contribution in [2.45, 2.75) is 17.4 Å². The van der Waals surface area contributed by atoms with Gasteiger partial charge in [-0.15, -0.1) is 11.8 Å². The summed E-state index contributed by atoms with van der Waals surface area (Å²) >= 11 is 11.0. The second-order valence-electron chi connectivity index (χ2n) is 4.69. The highest BCUT2D eigenvalue weighted by molar-refractivity contribution is 9.10. The van der Waals surface area contributed by atoms with E-state index in [0.717, 1.165) is 10.2 Å². The second-order valence-corrected chi connectivity index (χ2v) is 7.14. The van der Waals surface area contributed by atoms with Crippen molar-refractivity contribution >= 4 is 39.3 Å². The Balaban J connectivity index is 1.97. The lowest BCUT2D eigenvalue weighted by Crippen LogP contribution is -2.30. The molecule has 0 saturated heterocycles. The van der Waals surface area contributed by atoms with Crippen molar-refractivity contribution in [3.63, 3.8) is 0 Å². The van der Waals surface area contributed by atoms with E-state index >= 15 is 0 Å². The van der Waals surface area contributed by atoms with Crippen molar-refractivity contribution in [3.05, 3.63) is 63.3 Å². The minimum Gasteiger partial charge on any atom is -0.316 e. The van der Waals surface area contributed by atoms with Crippen LogP contribution in [0.2, 0.25) is 5.02 Å².